The Morgan fingerprint density at radius 2 is 1.81 bits per heavy atom. The molecule has 2 heteroatoms. The van der Waals surface area contributed by atoms with Crippen LogP contribution < -0.4 is 5.32 Å². The van der Waals surface area contributed by atoms with Crippen molar-refractivity contribution in [3.05, 3.63) is 34.4 Å². The molecule has 0 spiro atoms. The summed E-state index contributed by atoms with van der Waals surface area (Å²) in [6.45, 7) is 12.6. The quantitative estimate of drug-likeness (QED) is 0.910. The average molecular weight is 286 g/mol. The largest absolute Gasteiger partial charge is 0.311 e. The molecule has 0 radical (unpaired) electrons. The first kappa shape index (κ1) is 15.1. The van der Waals surface area contributed by atoms with Gasteiger partial charge in [0.2, 0.25) is 0 Å². The predicted molar refractivity (Wildman–Crippen MR) is 89.7 cm³/mol. The summed E-state index contributed by atoms with van der Waals surface area (Å²) in [6, 6.07) is 6.10. The number of hydrogen-bond donors (Lipinski definition) is 1. The first-order valence-corrected chi connectivity index (χ1v) is 8.62. The molecule has 2 aliphatic rings. The molecule has 1 aliphatic carbocycles. The standard InChI is InChI=1S/C19H30N2/c1-5-17-10-20-19(16-6-7-16)12-21(17)11-18-14(3)8-13(2)9-15(18)4/h8-9,16-17,19-20H,5-7,10-12H2,1-4H3. The van der Waals surface area contributed by atoms with Gasteiger partial charge in [0.25, 0.3) is 0 Å². The van der Waals surface area contributed by atoms with Gasteiger partial charge in [-0.2, -0.15) is 0 Å². The van der Waals surface area contributed by atoms with Crippen molar-refractivity contribution in [3.63, 3.8) is 0 Å². The number of aryl methyl sites for hydroxylation is 3. The van der Waals surface area contributed by atoms with Crippen LogP contribution in [0.3, 0.4) is 0 Å². The van der Waals surface area contributed by atoms with E-state index >= 15 is 0 Å². The monoisotopic (exact) mass is 286 g/mol. The van der Waals surface area contributed by atoms with Crippen LogP contribution in [-0.4, -0.2) is 30.1 Å². The molecule has 1 aliphatic heterocycles. The van der Waals surface area contributed by atoms with E-state index in [1.54, 1.807) is 5.56 Å². The Kier molecular flexibility index (Phi) is 4.37. The molecule has 0 aromatic heterocycles. The van der Waals surface area contributed by atoms with Crippen molar-refractivity contribution in [2.24, 2.45) is 5.92 Å². The molecule has 1 saturated heterocycles. The summed E-state index contributed by atoms with van der Waals surface area (Å²) in [7, 11) is 0. The van der Waals surface area contributed by atoms with E-state index in [9.17, 15) is 0 Å². The van der Waals surface area contributed by atoms with E-state index in [1.807, 2.05) is 0 Å². The SMILES string of the molecule is CCC1CNC(C2CC2)CN1Cc1c(C)cc(C)cc1C. The lowest BCUT2D eigenvalue weighted by Crippen LogP contribution is -2.56. The van der Waals surface area contributed by atoms with Gasteiger partial charge in [-0.25, -0.2) is 0 Å². The fourth-order valence-electron chi connectivity index (χ4n) is 3.96. The molecule has 0 bridgehead atoms. The average Bonchev–Trinajstić information content (AvgIpc) is 3.27. The van der Waals surface area contributed by atoms with Gasteiger partial charge in [0.1, 0.15) is 0 Å². The summed E-state index contributed by atoms with van der Waals surface area (Å²) in [5.41, 5.74) is 5.86. The van der Waals surface area contributed by atoms with Gasteiger partial charge in [-0.3, -0.25) is 4.90 Å². The molecule has 116 valence electrons. The molecule has 1 aromatic rings. The summed E-state index contributed by atoms with van der Waals surface area (Å²) < 4.78 is 0. The van der Waals surface area contributed by atoms with Gasteiger partial charge >= 0.3 is 0 Å². The van der Waals surface area contributed by atoms with Crippen LogP contribution in [0, 0.1) is 26.7 Å². The molecule has 3 rings (SSSR count). The molecule has 2 nitrogen and oxygen atoms in total. The third kappa shape index (κ3) is 3.32. The van der Waals surface area contributed by atoms with Gasteiger partial charge < -0.3 is 5.32 Å². The zero-order valence-electron chi connectivity index (χ0n) is 14.1. The van der Waals surface area contributed by atoms with Crippen LogP contribution in [0.4, 0.5) is 0 Å². The number of benzene rings is 1. The Labute approximate surface area is 129 Å². The van der Waals surface area contributed by atoms with Crippen molar-refractivity contribution in [2.75, 3.05) is 13.1 Å². The molecule has 2 fully saturated rings. The molecular formula is C19H30N2. The zero-order chi connectivity index (χ0) is 15.0. The Morgan fingerprint density at radius 3 is 2.38 bits per heavy atom. The van der Waals surface area contributed by atoms with Crippen molar-refractivity contribution < 1.29 is 0 Å². The van der Waals surface area contributed by atoms with E-state index in [2.05, 4.69) is 50.0 Å². The molecule has 1 aromatic carbocycles. The van der Waals surface area contributed by atoms with Crippen molar-refractivity contribution >= 4 is 0 Å². The van der Waals surface area contributed by atoms with E-state index in [4.69, 9.17) is 0 Å². The fourth-order valence-corrected chi connectivity index (χ4v) is 3.96. The summed E-state index contributed by atoms with van der Waals surface area (Å²) in [4.78, 5) is 2.74. The maximum absolute atomic E-state index is 3.79. The van der Waals surface area contributed by atoms with Gasteiger partial charge in [-0.15, -0.1) is 0 Å². The number of nitrogens with zero attached hydrogens (tertiary/aromatic N) is 1. The van der Waals surface area contributed by atoms with E-state index in [1.165, 1.54) is 49.0 Å². The lowest BCUT2D eigenvalue weighted by Gasteiger charge is -2.41. The number of piperazine rings is 1. The van der Waals surface area contributed by atoms with Crippen LogP contribution in [0.15, 0.2) is 12.1 Å². The smallest absolute Gasteiger partial charge is 0.0243 e. The molecule has 1 heterocycles. The molecule has 1 N–H and O–H groups in total. The predicted octanol–water partition coefficient (Wildman–Crippen LogP) is 3.57. The van der Waals surface area contributed by atoms with E-state index in [-0.39, 0.29) is 0 Å². The highest BCUT2D eigenvalue weighted by Gasteiger charge is 2.36. The maximum atomic E-state index is 3.79. The lowest BCUT2D eigenvalue weighted by atomic mass is 9.97. The summed E-state index contributed by atoms with van der Waals surface area (Å²) >= 11 is 0. The molecule has 2 atom stereocenters. The van der Waals surface area contributed by atoms with Crippen LogP contribution in [0.5, 0.6) is 0 Å². The van der Waals surface area contributed by atoms with Crippen molar-refractivity contribution in [1.29, 1.82) is 0 Å². The lowest BCUT2D eigenvalue weighted by molar-refractivity contribution is 0.111. The minimum absolute atomic E-state index is 0.695. The van der Waals surface area contributed by atoms with Gasteiger partial charge in [-0.05, 0) is 62.6 Å². The van der Waals surface area contributed by atoms with Crippen LogP contribution in [0.2, 0.25) is 0 Å². The molecule has 21 heavy (non-hydrogen) atoms. The van der Waals surface area contributed by atoms with Crippen LogP contribution >= 0.6 is 0 Å². The second-order valence-corrected chi connectivity index (χ2v) is 7.22. The third-order valence-electron chi connectivity index (χ3n) is 5.43. The fraction of sp³-hybridized carbons (Fsp3) is 0.684. The van der Waals surface area contributed by atoms with Crippen molar-refractivity contribution in [3.8, 4) is 0 Å². The Balaban J connectivity index is 1.77. The zero-order valence-corrected chi connectivity index (χ0v) is 14.1. The highest BCUT2D eigenvalue weighted by Crippen LogP contribution is 2.35. The molecule has 2 unspecified atom stereocenters. The second-order valence-electron chi connectivity index (χ2n) is 7.22. The molecule has 1 saturated carbocycles. The topological polar surface area (TPSA) is 15.3 Å². The van der Waals surface area contributed by atoms with Gasteiger partial charge in [0.15, 0.2) is 0 Å². The minimum Gasteiger partial charge on any atom is -0.311 e. The maximum Gasteiger partial charge on any atom is 0.0243 e. The van der Waals surface area contributed by atoms with Gasteiger partial charge in [0, 0.05) is 31.7 Å². The number of nitrogens with one attached hydrogen (secondary N) is 1. The first-order chi connectivity index (χ1) is 10.1. The summed E-state index contributed by atoms with van der Waals surface area (Å²) in [6.07, 6.45) is 4.12. The van der Waals surface area contributed by atoms with Crippen molar-refractivity contribution in [1.82, 2.24) is 10.2 Å². The Hall–Kier alpha value is -0.860. The summed E-state index contributed by atoms with van der Waals surface area (Å²) in [5.74, 6) is 0.950. The minimum atomic E-state index is 0.695. The highest BCUT2D eigenvalue weighted by molar-refractivity contribution is 5.37. The van der Waals surface area contributed by atoms with E-state index in [0.29, 0.717) is 6.04 Å². The molecule has 0 amide bonds. The van der Waals surface area contributed by atoms with Crippen LogP contribution in [0.25, 0.3) is 0 Å². The van der Waals surface area contributed by atoms with Crippen LogP contribution in [-0.2, 0) is 6.54 Å². The van der Waals surface area contributed by atoms with Gasteiger partial charge in [0.05, 0.1) is 0 Å². The van der Waals surface area contributed by atoms with Crippen molar-refractivity contribution in [2.45, 2.75) is 65.6 Å². The Morgan fingerprint density at radius 1 is 1.14 bits per heavy atom. The highest BCUT2D eigenvalue weighted by atomic mass is 15.2. The number of hydrogen-bond acceptors (Lipinski definition) is 2. The second kappa shape index (κ2) is 6.10. The first-order valence-electron chi connectivity index (χ1n) is 8.62. The summed E-state index contributed by atoms with van der Waals surface area (Å²) in [5, 5.41) is 3.79. The van der Waals surface area contributed by atoms with E-state index < -0.39 is 0 Å². The number of rotatable bonds is 4. The van der Waals surface area contributed by atoms with Gasteiger partial charge in [-0.1, -0.05) is 24.6 Å². The Bertz CT molecular complexity index is 481. The molecular weight excluding hydrogens is 256 g/mol. The third-order valence-corrected chi connectivity index (χ3v) is 5.43. The normalized spacial score (nSPS) is 27.0. The van der Waals surface area contributed by atoms with Crippen LogP contribution in [0.1, 0.15) is 48.4 Å². The van der Waals surface area contributed by atoms with E-state index in [0.717, 1.165) is 18.5 Å².